The van der Waals surface area contributed by atoms with Gasteiger partial charge in [-0.25, -0.2) is 8.42 Å². The molecular formula is C23H25N3O3S2. The van der Waals surface area contributed by atoms with Crippen molar-refractivity contribution in [3.8, 4) is 0 Å². The van der Waals surface area contributed by atoms with Crippen LogP contribution in [0.15, 0.2) is 65.0 Å². The van der Waals surface area contributed by atoms with Crippen molar-refractivity contribution in [1.29, 1.82) is 0 Å². The highest BCUT2D eigenvalue weighted by molar-refractivity contribution is 7.91. The van der Waals surface area contributed by atoms with Gasteiger partial charge in [-0.15, -0.1) is 11.3 Å². The van der Waals surface area contributed by atoms with Crippen LogP contribution in [0.4, 0.5) is 0 Å². The largest absolute Gasteiger partial charge is 0.348 e. The Bertz CT molecular complexity index is 1180. The first-order valence-electron chi connectivity index (χ1n) is 10.6. The lowest BCUT2D eigenvalue weighted by atomic mass is 9.99. The summed E-state index contributed by atoms with van der Waals surface area (Å²) in [5.74, 6) is 0.0215. The maximum atomic E-state index is 13.4. The maximum Gasteiger partial charge on any atom is 0.252 e. The molecule has 1 unspecified atom stereocenters. The minimum Gasteiger partial charge on any atom is -0.348 e. The molecule has 1 aromatic carbocycles. The van der Waals surface area contributed by atoms with Crippen LogP contribution in [-0.2, 0) is 27.8 Å². The zero-order valence-electron chi connectivity index (χ0n) is 17.2. The number of carbonyl (C=O) groups is 1. The molecule has 0 N–H and O–H groups in total. The summed E-state index contributed by atoms with van der Waals surface area (Å²) in [5, 5.41) is 0. The average molecular weight is 456 g/mol. The van der Waals surface area contributed by atoms with E-state index in [4.69, 9.17) is 0 Å². The fraction of sp³-hybridized carbons (Fsp3) is 0.348. The van der Waals surface area contributed by atoms with Crippen LogP contribution in [0.5, 0.6) is 0 Å². The zero-order valence-corrected chi connectivity index (χ0v) is 18.8. The number of nitrogens with zero attached hydrogens (tertiary/aromatic N) is 3. The van der Waals surface area contributed by atoms with E-state index >= 15 is 0 Å². The number of fused-ring (bicyclic) bond motifs is 1. The van der Waals surface area contributed by atoms with Crippen molar-refractivity contribution in [2.75, 3.05) is 19.6 Å². The van der Waals surface area contributed by atoms with E-state index in [9.17, 15) is 13.2 Å². The van der Waals surface area contributed by atoms with Crippen molar-refractivity contribution in [3.63, 3.8) is 0 Å². The molecule has 4 heterocycles. The fourth-order valence-corrected chi connectivity index (χ4v) is 7.55. The van der Waals surface area contributed by atoms with Crippen molar-refractivity contribution < 1.29 is 13.2 Å². The van der Waals surface area contributed by atoms with E-state index in [-0.39, 0.29) is 18.4 Å². The number of hydrogen-bond donors (Lipinski definition) is 0. The van der Waals surface area contributed by atoms with Crippen LogP contribution in [-0.4, -0.2) is 47.7 Å². The molecule has 0 aliphatic carbocycles. The van der Waals surface area contributed by atoms with E-state index in [0.29, 0.717) is 23.8 Å². The molecule has 1 amide bonds. The molecule has 1 saturated heterocycles. The lowest BCUT2D eigenvalue weighted by Gasteiger charge is -2.37. The molecule has 3 aromatic rings. The van der Waals surface area contributed by atoms with Crippen molar-refractivity contribution in [2.45, 2.75) is 36.1 Å². The average Bonchev–Trinajstić information content (AvgIpc) is 3.55. The first-order chi connectivity index (χ1) is 15.0. The number of hydrogen-bond acceptors (Lipinski definition) is 4. The summed E-state index contributed by atoms with van der Waals surface area (Å²) >= 11 is 1.22. The number of sulfonamides is 1. The molecule has 2 aromatic heterocycles. The van der Waals surface area contributed by atoms with Gasteiger partial charge in [0.05, 0.1) is 12.5 Å². The summed E-state index contributed by atoms with van der Waals surface area (Å²) in [5.41, 5.74) is 2.19. The van der Waals surface area contributed by atoms with Crippen LogP contribution in [0, 0.1) is 0 Å². The van der Waals surface area contributed by atoms with Gasteiger partial charge in [0.1, 0.15) is 4.21 Å². The summed E-state index contributed by atoms with van der Waals surface area (Å²) < 4.78 is 29.7. The van der Waals surface area contributed by atoms with Gasteiger partial charge in [-0.05, 0) is 42.7 Å². The number of aromatic nitrogens is 1. The molecule has 6 nitrogen and oxygen atoms in total. The Hall–Kier alpha value is -2.42. The highest BCUT2D eigenvalue weighted by atomic mass is 32.2. The quantitative estimate of drug-likeness (QED) is 0.592. The molecule has 8 heteroatoms. The third-order valence-electron chi connectivity index (χ3n) is 6.10. The molecule has 0 radical (unpaired) electrons. The van der Waals surface area contributed by atoms with E-state index in [2.05, 4.69) is 29.0 Å². The molecule has 0 saturated carbocycles. The number of rotatable bonds is 5. The predicted molar refractivity (Wildman–Crippen MR) is 120 cm³/mol. The fourth-order valence-electron chi connectivity index (χ4n) is 4.54. The highest BCUT2D eigenvalue weighted by Gasteiger charge is 2.33. The number of carbonyl (C=O) groups excluding carboxylic acids is 1. The summed E-state index contributed by atoms with van der Waals surface area (Å²) in [7, 11) is -3.44. The van der Waals surface area contributed by atoms with Crippen LogP contribution in [0.2, 0.25) is 0 Å². The second kappa shape index (κ2) is 8.26. The second-order valence-corrected chi connectivity index (χ2v) is 11.4. The predicted octanol–water partition coefficient (Wildman–Crippen LogP) is 3.51. The number of amides is 1. The molecule has 1 fully saturated rings. The van der Waals surface area contributed by atoms with Gasteiger partial charge in [-0.2, -0.15) is 4.31 Å². The Balaban J connectivity index is 1.38. The standard InChI is InChI=1S/C23H25N3O3S2/c27-21(17-19-10-11-22(30-19)31(28,29)25-13-4-5-14-25)26-16-15-24-12-6-9-20(24)23(26)18-7-2-1-3-8-18/h1-3,6-12,23H,4-5,13-17H2. The van der Waals surface area contributed by atoms with E-state index in [1.807, 2.05) is 29.2 Å². The molecule has 162 valence electrons. The smallest absolute Gasteiger partial charge is 0.252 e. The number of benzene rings is 1. The molecule has 0 bridgehead atoms. The molecular weight excluding hydrogens is 430 g/mol. The normalized spacial score (nSPS) is 19.5. The Morgan fingerprint density at radius 2 is 1.71 bits per heavy atom. The number of thiophene rings is 1. The zero-order chi connectivity index (χ0) is 21.4. The van der Waals surface area contributed by atoms with Gasteiger partial charge in [-0.1, -0.05) is 30.3 Å². The van der Waals surface area contributed by atoms with Crippen LogP contribution in [0.1, 0.15) is 35.0 Å². The van der Waals surface area contributed by atoms with Gasteiger partial charge in [0.25, 0.3) is 10.0 Å². The molecule has 2 aliphatic rings. The first-order valence-corrected chi connectivity index (χ1v) is 12.9. The summed E-state index contributed by atoms with van der Waals surface area (Å²) in [6, 6.07) is 17.5. The van der Waals surface area contributed by atoms with Crippen molar-refractivity contribution in [1.82, 2.24) is 13.8 Å². The molecule has 0 spiro atoms. The van der Waals surface area contributed by atoms with Gasteiger partial charge in [0, 0.05) is 42.9 Å². The van der Waals surface area contributed by atoms with E-state index in [1.54, 1.807) is 16.4 Å². The maximum absolute atomic E-state index is 13.4. The summed E-state index contributed by atoms with van der Waals surface area (Å²) in [6.45, 7) is 2.56. The minimum atomic E-state index is -3.44. The summed E-state index contributed by atoms with van der Waals surface area (Å²) in [6.07, 6.45) is 4.09. The summed E-state index contributed by atoms with van der Waals surface area (Å²) in [4.78, 5) is 16.1. The van der Waals surface area contributed by atoms with Crippen molar-refractivity contribution in [2.24, 2.45) is 0 Å². The van der Waals surface area contributed by atoms with Gasteiger partial charge >= 0.3 is 0 Å². The minimum absolute atomic E-state index is 0.0215. The molecule has 1 atom stereocenters. The second-order valence-electron chi connectivity index (χ2n) is 8.04. The van der Waals surface area contributed by atoms with Crippen LogP contribution >= 0.6 is 11.3 Å². The topological polar surface area (TPSA) is 62.6 Å². The van der Waals surface area contributed by atoms with E-state index in [1.165, 1.54) is 11.3 Å². The Morgan fingerprint density at radius 1 is 0.935 bits per heavy atom. The molecule has 2 aliphatic heterocycles. The molecule has 5 rings (SSSR count). The Kier molecular flexibility index (Phi) is 5.45. The lowest BCUT2D eigenvalue weighted by molar-refractivity contribution is -0.133. The van der Waals surface area contributed by atoms with Crippen LogP contribution in [0.25, 0.3) is 0 Å². The van der Waals surface area contributed by atoms with Gasteiger partial charge < -0.3 is 9.47 Å². The highest BCUT2D eigenvalue weighted by Crippen LogP contribution is 2.34. The Morgan fingerprint density at radius 3 is 2.48 bits per heavy atom. The van der Waals surface area contributed by atoms with Crippen molar-refractivity contribution >= 4 is 27.3 Å². The SMILES string of the molecule is O=C(Cc1ccc(S(=O)(=O)N2CCCC2)s1)N1CCn2cccc2C1c1ccccc1. The third-order valence-corrected chi connectivity index (χ3v) is 9.55. The van der Waals surface area contributed by atoms with Crippen LogP contribution < -0.4 is 0 Å². The van der Waals surface area contributed by atoms with Gasteiger partial charge in [0.15, 0.2) is 0 Å². The van der Waals surface area contributed by atoms with E-state index < -0.39 is 10.0 Å². The van der Waals surface area contributed by atoms with Gasteiger partial charge in [0.2, 0.25) is 5.91 Å². The van der Waals surface area contributed by atoms with Gasteiger partial charge in [-0.3, -0.25) is 4.79 Å². The first kappa shape index (κ1) is 20.5. The molecule has 31 heavy (non-hydrogen) atoms. The van der Waals surface area contributed by atoms with Crippen LogP contribution in [0.3, 0.4) is 0 Å². The van der Waals surface area contributed by atoms with E-state index in [0.717, 1.165) is 35.5 Å². The lowest BCUT2D eigenvalue weighted by Crippen LogP contribution is -2.43. The third kappa shape index (κ3) is 3.84. The van der Waals surface area contributed by atoms with Crippen molar-refractivity contribution in [3.05, 3.63) is 76.9 Å². The monoisotopic (exact) mass is 455 g/mol. The Labute approximate surface area is 186 Å².